The first-order chi connectivity index (χ1) is 20.2. The van der Waals surface area contributed by atoms with Crippen molar-refractivity contribution in [1.82, 2.24) is 4.57 Å². The molecule has 0 bridgehead atoms. The lowest BCUT2D eigenvalue weighted by Crippen LogP contribution is -2.39. The number of esters is 1. The molecule has 1 aromatic heterocycles. The number of nitro benzene ring substituents is 2. The zero-order valence-corrected chi connectivity index (χ0v) is 23.1. The molecular formula is C29H22N4O8S. The number of allylic oxidation sites excluding steroid dienone is 1. The normalized spacial score (nSPS) is 14.6. The van der Waals surface area contributed by atoms with Crippen molar-refractivity contribution < 1.29 is 24.1 Å². The number of benzene rings is 3. The van der Waals surface area contributed by atoms with Gasteiger partial charge in [0.25, 0.3) is 11.2 Å². The van der Waals surface area contributed by atoms with Gasteiger partial charge in [-0.25, -0.2) is 9.79 Å². The van der Waals surface area contributed by atoms with Gasteiger partial charge in [-0.05, 0) is 49.2 Å². The molecule has 1 aliphatic heterocycles. The molecule has 0 fully saturated rings. The van der Waals surface area contributed by atoms with Crippen molar-refractivity contribution in [2.75, 3.05) is 6.61 Å². The first-order valence-electron chi connectivity index (χ1n) is 12.6. The van der Waals surface area contributed by atoms with E-state index in [0.29, 0.717) is 26.2 Å². The molecule has 3 aromatic carbocycles. The molecule has 4 aromatic rings. The Morgan fingerprint density at radius 2 is 1.76 bits per heavy atom. The molecule has 0 aliphatic carbocycles. The van der Waals surface area contributed by atoms with E-state index < -0.39 is 33.2 Å². The third-order valence-corrected chi connectivity index (χ3v) is 7.37. The molecule has 0 radical (unpaired) electrons. The monoisotopic (exact) mass is 586 g/mol. The number of nitrogens with zero attached hydrogens (tertiary/aromatic N) is 4. The molecule has 42 heavy (non-hydrogen) atoms. The first-order valence-corrected chi connectivity index (χ1v) is 13.4. The molecule has 5 rings (SSSR count). The van der Waals surface area contributed by atoms with Gasteiger partial charge in [0.05, 0.1) is 44.4 Å². The van der Waals surface area contributed by atoms with Crippen molar-refractivity contribution in [2.45, 2.75) is 19.9 Å². The fourth-order valence-corrected chi connectivity index (χ4v) is 5.55. The molecule has 0 N–H and O–H groups in total. The van der Waals surface area contributed by atoms with E-state index in [0.717, 1.165) is 17.7 Å². The summed E-state index contributed by atoms with van der Waals surface area (Å²) in [6.45, 7) is 3.61. The van der Waals surface area contributed by atoms with Crippen LogP contribution in [0.25, 0.3) is 6.08 Å². The zero-order valence-electron chi connectivity index (χ0n) is 22.3. The maximum atomic E-state index is 13.7. The van der Waals surface area contributed by atoms with Gasteiger partial charge < -0.3 is 9.47 Å². The quantitative estimate of drug-likeness (QED) is 0.167. The van der Waals surface area contributed by atoms with Crippen LogP contribution in [0.1, 0.15) is 31.0 Å². The standard InChI is InChI=1S/C29H22N4O8S/c1-3-40-28(35)25-17(2)30-29-31(26(25)19-7-5-4-6-8-19)27(34)24(42-29)15-18-9-12-21(13-10-18)41-23-14-11-20(32(36)37)16-22(23)33(38)39/h4-16,26H,3H2,1-2H3/b24-15-. The Morgan fingerprint density at radius 1 is 1.05 bits per heavy atom. The van der Waals surface area contributed by atoms with E-state index in [-0.39, 0.29) is 23.7 Å². The summed E-state index contributed by atoms with van der Waals surface area (Å²) < 4.78 is 12.8. The van der Waals surface area contributed by atoms with Crippen LogP contribution in [-0.2, 0) is 9.53 Å². The van der Waals surface area contributed by atoms with Gasteiger partial charge in [-0.2, -0.15) is 0 Å². The largest absolute Gasteiger partial charge is 0.463 e. The van der Waals surface area contributed by atoms with Crippen LogP contribution in [0.5, 0.6) is 11.5 Å². The fraction of sp³-hybridized carbons (Fsp3) is 0.138. The lowest BCUT2D eigenvalue weighted by Gasteiger charge is -2.24. The summed E-state index contributed by atoms with van der Waals surface area (Å²) in [7, 11) is 0. The molecule has 1 unspecified atom stereocenters. The van der Waals surface area contributed by atoms with E-state index in [4.69, 9.17) is 9.47 Å². The van der Waals surface area contributed by atoms with Crippen LogP contribution in [-0.4, -0.2) is 27.0 Å². The third-order valence-electron chi connectivity index (χ3n) is 6.39. The number of nitro groups is 2. The van der Waals surface area contributed by atoms with E-state index in [1.54, 1.807) is 44.2 Å². The van der Waals surface area contributed by atoms with Crippen molar-refractivity contribution in [3.63, 3.8) is 0 Å². The van der Waals surface area contributed by atoms with Crippen LogP contribution >= 0.6 is 11.3 Å². The van der Waals surface area contributed by atoms with Crippen molar-refractivity contribution in [3.05, 3.63) is 135 Å². The van der Waals surface area contributed by atoms with Crippen LogP contribution in [0, 0.1) is 20.2 Å². The molecule has 1 aliphatic rings. The van der Waals surface area contributed by atoms with Gasteiger partial charge in [0, 0.05) is 6.07 Å². The predicted octanol–water partition coefficient (Wildman–Crippen LogP) is 4.41. The highest BCUT2D eigenvalue weighted by Crippen LogP contribution is 2.34. The van der Waals surface area contributed by atoms with Crippen molar-refractivity contribution in [2.24, 2.45) is 4.99 Å². The first kappa shape index (κ1) is 28.1. The molecule has 0 amide bonds. The number of thiazole rings is 1. The maximum absolute atomic E-state index is 13.7. The summed E-state index contributed by atoms with van der Waals surface area (Å²) >= 11 is 1.18. The van der Waals surface area contributed by atoms with E-state index in [1.165, 1.54) is 22.0 Å². The van der Waals surface area contributed by atoms with Crippen LogP contribution in [0.2, 0.25) is 0 Å². The molecule has 13 heteroatoms. The van der Waals surface area contributed by atoms with Gasteiger partial charge >= 0.3 is 11.7 Å². The van der Waals surface area contributed by atoms with Crippen molar-refractivity contribution >= 4 is 34.8 Å². The van der Waals surface area contributed by atoms with Crippen LogP contribution < -0.4 is 19.6 Å². The highest BCUT2D eigenvalue weighted by molar-refractivity contribution is 7.07. The number of non-ortho nitro benzene ring substituents is 1. The highest BCUT2D eigenvalue weighted by Gasteiger charge is 2.33. The minimum absolute atomic E-state index is 0.152. The number of hydrogen-bond donors (Lipinski definition) is 0. The smallest absolute Gasteiger partial charge is 0.338 e. The van der Waals surface area contributed by atoms with Gasteiger partial charge in [0.1, 0.15) is 5.75 Å². The molecule has 0 spiro atoms. The third kappa shape index (κ3) is 5.45. The molecule has 2 heterocycles. The SMILES string of the molecule is CCOC(=O)C1=C(C)N=c2s/c(=C\c3ccc(Oc4ccc([N+](=O)[O-])cc4[N+](=O)[O-])cc3)c(=O)n2C1c1ccccc1. The Kier molecular flexibility index (Phi) is 7.76. The molecule has 1 atom stereocenters. The second-order valence-corrected chi connectivity index (χ2v) is 10.1. The number of fused-ring (bicyclic) bond motifs is 1. The average molecular weight is 587 g/mol. The lowest BCUT2D eigenvalue weighted by atomic mass is 9.96. The summed E-state index contributed by atoms with van der Waals surface area (Å²) in [4.78, 5) is 52.5. The van der Waals surface area contributed by atoms with E-state index >= 15 is 0 Å². The molecular weight excluding hydrogens is 564 g/mol. The van der Waals surface area contributed by atoms with E-state index in [2.05, 4.69) is 4.99 Å². The number of ether oxygens (including phenoxy) is 2. The van der Waals surface area contributed by atoms with Crippen LogP contribution in [0.15, 0.2) is 93.9 Å². The second kappa shape index (κ2) is 11.6. The average Bonchev–Trinajstić information content (AvgIpc) is 3.27. The highest BCUT2D eigenvalue weighted by atomic mass is 32.1. The van der Waals surface area contributed by atoms with E-state index in [9.17, 15) is 29.8 Å². The molecule has 12 nitrogen and oxygen atoms in total. The van der Waals surface area contributed by atoms with Gasteiger partial charge in [-0.3, -0.25) is 29.6 Å². The minimum atomic E-state index is -0.756. The summed E-state index contributed by atoms with van der Waals surface area (Å²) in [5, 5.41) is 22.4. The topological polar surface area (TPSA) is 156 Å². The van der Waals surface area contributed by atoms with Crippen molar-refractivity contribution in [3.8, 4) is 11.5 Å². The number of rotatable bonds is 8. The fourth-order valence-electron chi connectivity index (χ4n) is 4.50. The van der Waals surface area contributed by atoms with Gasteiger partial charge in [0.2, 0.25) is 5.75 Å². The number of carbonyl (C=O) groups excluding carboxylic acids is 1. The Morgan fingerprint density at radius 3 is 2.40 bits per heavy atom. The number of hydrogen-bond acceptors (Lipinski definition) is 10. The number of carbonyl (C=O) groups is 1. The van der Waals surface area contributed by atoms with Gasteiger partial charge in [-0.15, -0.1) is 0 Å². The van der Waals surface area contributed by atoms with Crippen LogP contribution in [0.4, 0.5) is 11.4 Å². The molecule has 0 saturated carbocycles. The Bertz CT molecular complexity index is 1930. The second-order valence-electron chi connectivity index (χ2n) is 9.05. The summed E-state index contributed by atoms with van der Waals surface area (Å²) in [6, 6.07) is 18.0. The summed E-state index contributed by atoms with van der Waals surface area (Å²) in [5.74, 6) is -0.435. The van der Waals surface area contributed by atoms with Crippen LogP contribution in [0.3, 0.4) is 0 Å². The number of aromatic nitrogens is 1. The zero-order chi connectivity index (χ0) is 30.0. The summed E-state index contributed by atoms with van der Waals surface area (Å²) in [6.07, 6.45) is 1.67. The summed E-state index contributed by atoms with van der Waals surface area (Å²) in [5.41, 5.74) is 0.849. The van der Waals surface area contributed by atoms with E-state index in [1.807, 2.05) is 30.3 Å². The predicted molar refractivity (Wildman–Crippen MR) is 153 cm³/mol. The van der Waals surface area contributed by atoms with Crippen molar-refractivity contribution in [1.29, 1.82) is 0 Å². The molecule has 212 valence electrons. The Balaban J connectivity index is 1.50. The minimum Gasteiger partial charge on any atom is -0.463 e. The lowest BCUT2D eigenvalue weighted by molar-refractivity contribution is -0.394. The van der Waals surface area contributed by atoms with Gasteiger partial charge in [0.15, 0.2) is 4.80 Å². The van der Waals surface area contributed by atoms with Gasteiger partial charge in [-0.1, -0.05) is 53.8 Å². The Hall–Kier alpha value is -5.43. The molecule has 0 saturated heterocycles. The Labute approximate surface area is 241 Å². The maximum Gasteiger partial charge on any atom is 0.338 e.